The van der Waals surface area contributed by atoms with Gasteiger partial charge < -0.3 is 15.4 Å². The van der Waals surface area contributed by atoms with Crippen molar-refractivity contribution in [2.45, 2.75) is 58.8 Å². The van der Waals surface area contributed by atoms with E-state index in [0.717, 1.165) is 36.9 Å². The van der Waals surface area contributed by atoms with Gasteiger partial charge in [-0.2, -0.15) is 0 Å². The Hall–Kier alpha value is -1.81. The smallest absolute Gasteiger partial charge is 0.315 e. The number of hydrogen-bond donors (Lipinski definition) is 2. The summed E-state index contributed by atoms with van der Waals surface area (Å²) >= 11 is 0. The Morgan fingerprint density at radius 2 is 2.00 bits per heavy atom. The van der Waals surface area contributed by atoms with Crippen LogP contribution >= 0.6 is 0 Å². The van der Waals surface area contributed by atoms with Crippen molar-refractivity contribution in [2.24, 2.45) is 5.92 Å². The molecule has 24 heavy (non-hydrogen) atoms. The molecule has 0 spiro atoms. The van der Waals surface area contributed by atoms with E-state index >= 15 is 0 Å². The van der Waals surface area contributed by atoms with E-state index in [1.54, 1.807) is 0 Å². The van der Waals surface area contributed by atoms with E-state index in [9.17, 15) is 4.79 Å². The Balaban J connectivity index is 1.72. The van der Waals surface area contributed by atoms with Crippen LogP contribution in [0.1, 0.15) is 51.2 Å². The zero-order chi connectivity index (χ0) is 17.4. The van der Waals surface area contributed by atoms with Crippen molar-refractivity contribution in [3.63, 3.8) is 0 Å². The molecule has 1 aromatic rings. The van der Waals surface area contributed by atoms with E-state index in [4.69, 9.17) is 4.74 Å². The number of hydrogen-bond acceptors (Lipinski definition) is 2. The lowest BCUT2D eigenvalue weighted by atomic mass is 9.94. The Labute approximate surface area is 145 Å². The average molecular weight is 330 g/mol. The predicted octanol–water partition coefficient (Wildman–Crippen LogP) is 4.16. The average Bonchev–Trinajstić information content (AvgIpc) is 2.57. The van der Waals surface area contributed by atoms with E-state index in [1.807, 2.05) is 39.0 Å². The zero-order valence-corrected chi connectivity index (χ0v) is 15.1. The third kappa shape index (κ3) is 7.18. The summed E-state index contributed by atoms with van der Waals surface area (Å²) in [6.07, 6.45) is 7.77. The van der Waals surface area contributed by atoms with Crippen molar-refractivity contribution in [2.75, 3.05) is 6.54 Å². The fourth-order valence-electron chi connectivity index (χ4n) is 2.65. The molecular weight excluding hydrogens is 300 g/mol. The van der Waals surface area contributed by atoms with Crippen molar-refractivity contribution in [1.29, 1.82) is 0 Å². The van der Waals surface area contributed by atoms with Gasteiger partial charge in [0.2, 0.25) is 0 Å². The van der Waals surface area contributed by atoms with Gasteiger partial charge in [-0.15, -0.1) is 0 Å². The molecule has 2 amide bonds. The topological polar surface area (TPSA) is 50.4 Å². The van der Waals surface area contributed by atoms with Crippen LogP contribution in [0.2, 0.25) is 0 Å². The van der Waals surface area contributed by atoms with Gasteiger partial charge in [0.25, 0.3) is 0 Å². The Morgan fingerprint density at radius 1 is 1.21 bits per heavy atom. The highest BCUT2D eigenvalue weighted by atomic mass is 16.5. The van der Waals surface area contributed by atoms with Crippen LogP contribution < -0.4 is 10.6 Å². The summed E-state index contributed by atoms with van der Waals surface area (Å²) in [7, 11) is 0. The summed E-state index contributed by atoms with van der Waals surface area (Å²) in [6, 6.07) is 8.06. The fraction of sp³-hybridized carbons (Fsp3) is 0.550. The van der Waals surface area contributed by atoms with Crippen LogP contribution in [-0.2, 0) is 17.9 Å². The Bertz CT molecular complexity index is 561. The van der Waals surface area contributed by atoms with E-state index in [-0.39, 0.29) is 11.6 Å². The molecule has 0 saturated heterocycles. The van der Waals surface area contributed by atoms with Gasteiger partial charge in [-0.1, -0.05) is 36.4 Å². The first kappa shape index (κ1) is 18.5. The molecule has 0 heterocycles. The van der Waals surface area contributed by atoms with Gasteiger partial charge in [0.1, 0.15) is 0 Å². The lowest BCUT2D eigenvalue weighted by Crippen LogP contribution is -2.38. The summed E-state index contributed by atoms with van der Waals surface area (Å²) in [4.78, 5) is 11.9. The number of benzene rings is 1. The summed E-state index contributed by atoms with van der Waals surface area (Å²) in [6.45, 7) is 7.99. The number of carbonyl (C=O) groups is 1. The van der Waals surface area contributed by atoms with E-state index in [2.05, 4.69) is 28.9 Å². The molecule has 1 unspecified atom stereocenters. The van der Waals surface area contributed by atoms with E-state index in [1.165, 1.54) is 0 Å². The van der Waals surface area contributed by atoms with Crippen molar-refractivity contribution in [3.05, 3.63) is 47.5 Å². The maximum Gasteiger partial charge on any atom is 0.315 e. The lowest BCUT2D eigenvalue weighted by Gasteiger charge is -2.20. The van der Waals surface area contributed by atoms with Gasteiger partial charge in [0.15, 0.2) is 0 Å². The van der Waals surface area contributed by atoms with Crippen molar-refractivity contribution < 1.29 is 9.53 Å². The zero-order valence-electron chi connectivity index (χ0n) is 15.1. The largest absolute Gasteiger partial charge is 0.371 e. The second-order valence-corrected chi connectivity index (χ2v) is 7.44. The molecule has 1 aliphatic rings. The fourth-order valence-corrected chi connectivity index (χ4v) is 2.65. The first-order valence-corrected chi connectivity index (χ1v) is 8.81. The minimum atomic E-state index is -0.150. The maximum absolute atomic E-state index is 11.9. The van der Waals surface area contributed by atoms with Gasteiger partial charge in [-0.3, -0.25) is 0 Å². The quantitative estimate of drug-likeness (QED) is 0.770. The molecule has 2 rings (SSSR count). The van der Waals surface area contributed by atoms with Crippen LogP contribution in [0.4, 0.5) is 4.79 Å². The molecule has 1 aromatic carbocycles. The highest BCUT2D eigenvalue weighted by Crippen LogP contribution is 2.17. The number of amides is 2. The molecular formula is C20H30N2O2. The summed E-state index contributed by atoms with van der Waals surface area (Å²) in [5.41, 5.74) is 2.06. The molecule has 0 bridgehead atoms. The van der Waals surface area contributed by atoms with Gasteiger partial charge in [0.05, 0.1) is 12.2 Å². The predicted molar refractivity (Wildman–Crippen MR) is 97.7 cm³/mol. The first-order chi connectivity index (χ1) is 11.4. The van der Waals surface area contributed by atoms with Gasteiger partial charge >= 0.3 is 6.03 Å². The summed E-state index contributed by atoms with van der Waals surface area (Å²) < 4.78 is 5.80. The monoisotopic (exact) mass is 330 g/mol. The maximum atomic E-state index is 11.9. The van der Waals surface area contributed by atoms with Gasteiger partial charge in [-0.05, 0) is 57.1 Å². The van der Waals surface area contributed by atoms with Crippen LogP contribution in [0.5, 0.6) is 0 Å². The highest BCUT2D eigenvalue weighted by molar-refractivity contribution is 5.73. The van der Waals surface area contributed by atoms with Crippen LogP contribution in [0.15, 0.2) is 36.4 Å². The number of urea groups is 1. The Kier molecular flexibility index (Phi) is 6.85. The first-order valence-electron chi connectivity index (χ1n) is 8.81. The third-order valence-electron chi connectivity index (χ3n) is 4.05. The molecule has 0 saturated carbocycles. The molecule has 4 nitrogen and oxygen atoms in total. The minimum Gasteiger partial charge on any atom is -0.371 e. The SMILES string of the molecule is CC(C)(C)OCc1cccc(CNC(=O)NCC2CC=CCC2)c1. The van der Waals surface area contributed by atoms with Crippen LogP contribution in [-0.4, -0.2) is 18.2 Å². The molecule has 0 aliphatic heterocycles. The van der Waals surface area contributed by atoms with Crippen molar-refractivity contribution in [1.82, 2.24) is 10.6 Å². The molecule has 132 valence electrons. The van der Waals surface area contributed by atoms with Crippen LogP contribution in [0.25, 0.3) is 0 Å². The normalized spacial score (nSPS) is 17.5. The second kappa shape index (κ2) is 8.88. The highest BCUT2D eigenvalue weighted by Gasteiger charge is 2.12. The lowest BCUT2D eigenvalue weighted by molar-refractivity contribution is -0.0149. The minimum absolute atomic E-state index is 0.0964. The summed E-state index contributed by atoms with van der Waals surface area (Å²) in [5.74, 6) is 0.568. The van der Waals surface area contributed by atoms with E-state index < -0.39 is 0 Å². The molecule has 1 atom stereocenters. The molecule has 0 fully saturated rings. The number of rotatable bonds is 6. The third-order valence-corrected chi connectivity index (χ3v) is 4.05. The molecule has 0 aromatic heterocycles. The standard InChI is InChI=1S/C20H30N2O2/c1-20(2,3)24-15-18-11-7-10-17(12-18)14-22-19(23)21-13-16-8-5-4-6-9-16/h4-5,7,10-12,16H,6,8-9,13-15H2,1-3H3,(H2,21,22,23). The van der Waals surface area contributed by atoms with Gasteiger partial charge in [0, 0.05) is 13.1 Å². The molecule has 2 N–H and O–H groups in total. The second-order valence-electron chi connectivity index (χ2n) is 7.44. The van der Waals surface area contributed by atoms with Gasteiger partial charge in [-0.25, -0.2) is 4.79 Å². The number of allylic oxidation sites excluding steroid dienone is 2. The number of nitrogens with one attached hydrogen (secondary N) is 2. The number of carbonyl (C=O) groups excluding carboxylic acids is 1. The van der Waals surface area contributed by atoms with Crippen LogP contribution in [0.3, 0.4) is 0 Å². The summed E-state index contributed by atoms with van der Waals surface area (Å²) in [5, 5.41) is 5.90. The van der Waals surface area contributed by atoms with Crippen molar-refractivity contribution in [3.8, 4) is 0 Å². The van der Waals surface area contributed by atoms with Crippen molar-refractivity contribution >= 4 is 6.03 Å². The van der Waals surface area contributed by atoms with Crippen LogP contribution in [0, 0.1) is 5.92 Å². The molecule has 1 aliphatic carbocycles. The Morgan fingerprint density at radius 3 is 2.71 bits per heavy atom. The molecule has 0 radical (unpaired) electrons. The number of ether oxygens (including phenoxy) is 1. The molecule has 4 heteroatoms. The van der Waals surface area contributed by atoms with E-state index in [0.29, 0.717) is 19.1 Å².